The van der Waals surface area contributed by atoms with Crippen molar-refractivity contribution in [3.05, 3.63) is 88.8 Å². The highest BCUT2D eigenvalue weighted by atomic mass is 16.5. The molecule has 8 nitrogen and oxygen atoms in total. The minimum atomic E-state index is -0.202. The van der Waals surface area contributed by atoms with Crippen molar-refractivity contribution in [2.24, 2.45) is 0 Å². The summed E-state index contributed by atoms with van der Waals surface area (Å²) in [5.41, 5.74) is 3.70. The smallest absolute Gasteiger partial charge is 0.277 e. The molecule has 0 unspecified atom stereocenters. The van der Waals surface area contributed by atoms with Gasteiger partial charge in [0.05, 0.1) is 12.8 Å². The Balaban J connectivity index is 1.48. The van der Waals surface area contributed by atoms with Crippen LogP contribution in [0.1, 0.15) is 11.5 Å². The molecule has 0 spiro atoms. The van der Waals surface area contributed by atoms with Crippen molar-refractivity contribution in [1.29, 1.82) is 0 Å². The van der Waals surface area contributed by atoms with Crippen LogP contribution in [0.2, 0.25) is 0 Å². The van der Waals surface area contributed by atoms with Crippen LogP contribution in [0.15, 0.2) is 76.3 Å². The molecule has 8 heteroatoms. The van der Waals surface area contributed by atoms with E-state index in [0.29, 0.717) is 28.7 Å². The van der Waals surface area contributed by atoms with E-state index in [-0.39, 0.29) is 12.1 Å². The van der Waals surface area contributed by atoms with Crippen LogP contribution in [-0.2, 0) is 6.54 Å². The second kappa shape index (κ2) is 7.56. The van der Waals surface area contributed by atoms with Gasteiger partial charge < -0.3 is 13.8 Å². The molecule has 0 bridgehead atoms. The fourth-order valence-electron chi connectivity index (χ4n) is 3.50. The van der Waals surface area contributed by atoms with Crippen molar-refractivity contribution in [1.82, 2.24) is 24.3 Å². The molecule has 5 aromatic rings. The molecule has 31 heavy (non-hydrogen) atoms. The van der Waals surface area contributed by atoms with Gasteiger partial charge in [0.1, 0.15) is 17.8 Å². The summed E-state index contributed by atoms with van der Waals surface area (Å²) in [6, 6.07) is 17.2. The second-order valence-corrected chi connectivity index (χ2v) is 7.17. The molecular weight excluding hydrogens is 394 g/mol. The lowest BCUT2D eigenvalue weighted by molar-refractivity contribution is 0.370. The van der Waals surface area contributed by atoms with Crippen LogP contribution in [0.5, 0.6) is 5.75 Å². The first kappa shape index (κ1) is 18.8. The molecule has 5 rings (SSSR count). The number of para-hydroxylation sites is 1. The van der Waals surface area contributed by atoms with Gasteiger partial charge in [0.15, 0.2) is 0 Å². The van der Waals surface area contributed by atoms with Crippen LogP contribution in [0.25, 0.3) is 28.2 Å². The van der Waals surface area contributed by atoms with Crippen LogP contribution < -0.4 is 10.3 Å². The Kier molecular flexibility index (Phi) is 4.59. The molecule has 3 aromatic heterocycles. The third-order valence-corrected chi connectivity index (χ3v) is 5.04. The summed E-state index contributed by atoms with van der Waals surface area (Å²) in [4.78, 5) is 17.5. The molecule has 154 valence electrons. The van der Waals surface area contributed by atoms with Crippen molar-refractivity contribution >= 4 is 5.52 Å². The number of hydrogen-bond acceptors (Lipinski definition) is 6. The predicted octanol–water partition coefficient (Wildman–Crippen LogP) is 3.58. The maximum atomic E-state index is 13.0. The fraction of sp³-hybridized carbons (Fsp3) is 0.130. The van der Waals surface area contributed by atoms with Gasteiger partial charge in [-0.25, -0.2) is 4.52 Å². The Bertz CT molecular complexity index is 1450. The first-order valence-corrected chi connectivity index (χ1v) is 9.74. The molecular formula is C23H19N5O3. The number of benzene rings is 2. The maximum absolute atomic E-state index is 13.0. The van der Waals surface area contributed by atoms with Gasteiger partial charge >= 0.3 is 0 Å². The van der Waals surface area contributed by atoms with Gasteiger partial charge in [0.25, 0.3) is 5.56 Å². The first-order chi connectivity index (χ1) is 15.1. The van der Waals surface area contributed by atoms with Crippen LogP contribution >= 0.6 is 0 Å². The number of aromatic nitrogens is 5. The Morgan fingerprint density at radius 3 is 2.77 bits per heavy atom. The summed E-state index contributed by atoms with van der Waals surface area (Å²) in [7, 11) is 1.61. The molecule has 0 saturated carbocycles. The van der Waals surface area contributed by atoms with Crippen molar-refractivity contribution in [3.8, 4) is 28.4 Å². The van der Waals surface area contributed by atoms with Gasteiger partial charge in [-0.3, -0.25) is 4.79 Å². The summed E-state index contributed by atoms with van der Waals surface area (Å²) in [6.45, 7) is 2.17. The van der Waals surface area contributed by atoms with E-state index in [2.05, 4.69) is 15.2 Å². The maximum Gasteiger partial charge on any atom is 0.277 e. The van der Waals surface area contributed by atoms with Gasteiger partial charge in [0.2, 0.25) is 11.7 Å². The summed E-state index contributed by atoms with van der Waals surface area (Å²) < 4.78 is 13.9. The third kappa shape index (κ3) is 3.48. The van der Waals surface area contributed by atoms with Gasteiger partial charge in [-0.15, -0.1) is 0 Å². The van der Waals surface area contributed by atoms with Crippen LogP contribution in [0.3, 0.4) is 0 Å². The topological polar surface area (TPSA) is 87.5 Å². The van der Waals surface area contributed by atoms with E-state index in [9.17, 15) is 4.79 Å². The van der Waals surface area contributed by atoms with E-state index >= 15 is 0 Å². The molecule has 0 aliphatic heterocycles. The number of hydrogen-bond donors (Lipinski definition) is 0. The lowest BCUT2D eigenvalue weighted by Crippen LogP contribution is -2.21. The number of methoxy groups -OCH3 is 1. The SMILES string of the molecule is COc1ccccc1-c1cc2c(=O)n(Cc3nc(-c4cccc(C)c4)no3)ccn2n1. The zero-order valence-electron chi connectivity index (χ0n) is 17.0. The predicted molar refractivity (Wildman–Crippen MR) is 115 cm³/mol. The molecule has 0 saturated heterocycles. The monoisotopic (exact) mass is 413 g/mol. The van der Waals surface area contributed by atoms with Gasteiger partial charge in [-0.05, 0) is 31.2 Å². The average molecular weight is 413 g/mol. The summed E-state index contributed by atoms with van der Waals surface area (Å²) in [5.74, 6) is 1.55. The number of ether oxygens (including phenoxy) is 1. The first-order valence-electron chi connectivity index (χ1n) is 9.74. The minimum Gasteiger partial charge on any atom is -0.496 e. The number of fused-ring (bicyclic) bond motifs is 1. The molecule has 0 N–H and O–H groups in total. The van der Waals surface area contributed by atoms with E-state index in [1.807, 2.05) is 55.5 Å². The zero-order chi connectivity index (χ0) is 21.4. The highest BCUT2D eigenvalue weighted by Crippen LogP contribution is 2.28. The van der Waals surface area contributed by atoms with E-state index in [0.717, 1.165) is 16.7 Å². The van der Waals surface area contributed by atoms with E-state index in [1.54, 1.807) is 30.1 Å². The van der Waals surface area contributed by atoms with Gasteiger partial charge in [-0.2, -0.15) is 10.1 Å². The molecule has 0 radical (unpaired) electrons. The molecule has 0 aliphatic rings. The zero-order valence-corrected chi connectivity index (χ0v) is 17.0. The molecule has 3 heterocycles. The highest BCUT2D eigenvalue weighted by Gasteiger charge is 2.14. The third-order valence-electron chi connectivity index (χ3n) is 5.04. The fourth-order valence-corrected chi connectivity index (χ4v) is 3.50. The molecule has 0 amide bonds. The Morgan fingerprint density at radius 1 is 1.06 bits per heavy atom. The number of rotatable bonds is 5. The second-order valence-electron chi connectivity index (χ2n) is 7.17. The molecule has 0 atom stereocenters. The average Bonchev–Trinajstić information content (AvgIpc) is 3.43. The molecule has 0 aliphatic carbocycles. The quantitative estimate of drug-likeness (QED) is 0.438. The van der Waals surface area contributed by atoms with Crippen molar-refractivity contribution < 1.29 is 9.26 Å². The van der Waals surface area contributed by atoms with E-state index in [1.165, 1.54) is 4.57 Å². The Labute approximate surface area is 177 Å². The number of nitrogens with zero attached hydrogens (tertiary/aromatic N) is 5. The normalized spacial score (nSPS) is 11.2. The Morgan fingerprint density at radius 2 is 1.94 bits per heavy atom. The Hall–Kier alpha value is -4.20. The highest BCUT2D eigenvalue weighted by molar-refractivity contribution is 5.71. The summed E-state index contributed by atoms with van der Waals surface area (Å²) in [5, 5.41) is 8.57. The van der Waals surface area contributed by atoms with Crippen molar-refractivity contribution in [2.45, 2.75) is 13.5 Å². The molecule has 2 aromatic carbocycles. The number of aryl methyl sites for hydroxylation is 1. The lowest BCUT2D eigenvalue weighted by atomic mass is 10.1. The molecule has 0 fully saturated rings. The van der Waals surface area contributed by atoms with E-state index < -0.39 is 0 Å². The minimum absolute atomic E-state index is 0.170. The van der Waals surface area contributed by atoms with E-state index in [4.69, 9.17) is 9.26 Å². The van der Waals surface area contributed by atoms with Crippen molar-refractivity contribution in [3.63, 3.8) is 0 Å². The van der Waals surface area contributed by atoms with Gasteiger partial charge in [-0.1, -0.05) is 41.1 Å². The summed E-state index contributed by atoms with van der Waals surface area (Å²) >= 11 is 0. The summed E-state index contributed by atoms with van der Waals surface area (Å²) in [6.07, 6.45) is 3.39. The van der Waals surface area contributed by atoms with Crippen LogP contribution in [-0.4, -0.2) is 31.4 Å². The van der Waals surface area contributed by atoms with Crippen LogP contribution in [0, 0.1) is 6.92 Å². The van der Waals surface area contributed by atoms with Crippen LogP contribution in [0.4, 0.5) is 0 Å². The lowest BCUT2D eigenvalue weighted by Gasteiger charge is -2.04. The standard InChI is InChI=1S/C23H19N5O3/c1-15-6-5-7-16(12-15)22-24-21(31-26-22)14-27-10-11-28-19(23(27)29)13-18(25-28)17-8-3-4-9-20(17)30-2/h3-13H,14H2,1-2H3. The largest absolute Gasteiger partial charge is 0.496 e. The van der Waals surface area contributed by atoms with Crippen molar-refractivity contribution in [2.75, 3.05) is 7.11 Å². The van der Waals surface area contributed by atoms with Gasteiger partial charge in [0, 0.05) is 23.5 Å².